The molecule has 0 aliphatic carbocycles. The number of rotatable bonds is 4. The summed E-state index contributed by atoms with van der Waals surface area (Å²) in [6.45, 7) is 0.445. The molecule has 0 bridgehead atoms. The molecule has 0 heterocycles. The van der Waals surface area contributed by atoms with Gasteiger partial charge in [-0.05, 0) is 41.5 Å². The smallest absolute Gasteiger partial charge is 0.244 e. The third kappa shape index (κ3) is 4.44. The minimum absolute atomic E-state index is 0.160. The Bertz CT molecular complexity index is 638. The van der Waals surface area contributed by atoms with Gasteiger partial charge in [-0.1, -0.05) is 35.9 Å². The van der Waals surface area contributed by atoms with Crippen molar-refractivity contribution in [3.8, 4) is 0 Å². The third-order valence-electron chi connectivity index (χ3n) is 2.69. The SMILES string of the molecule is Nc1cccc(/C=C/C(=O)NCc2cccc(Cl)c2)c1. The Kier molecular flexibility index (Phi) is 4.80. The molecule has 0 aliphatic rings. The molecule has 0 radical (unpaired) electrons. The van der Waals surface area contributed by atoms with E-state index in [0.717, 1.165) is 11.1 Å². The first kappa shape index (κ1) is 14.2. The van der Waals surface area contributed by atoms with Gasteiger partial charge in [0.1, 0.15) is 0 Å². The largest absolute Gasteiger partial charge is 0.399 e. The van der Waals surface area contributed by atoms with E-state index in [9.17, 15) is 4.79 Å². The number of hydrogen-bond donors (Lipinski definition) is 2. The molecule has 0 fully saturated rings. The summed E-state index contributed by atoms with van der Waals surface area (Å²) >= 11 is 5.88. The molecule has 3 nitrogen and oxygen atoms in total. The van der Waals surface area contributed by atoms with Gasteiger partial charge in [-0.25, -0.2) is 0 Å². The maximum absolute atomic E-state index is 11.7. The van der Waals surface area contributed by atoms with Crippen LogP contribution in [0.4, 0.5) is 5.69 Å². The molecule has 0 atom stereocenters. The van der Waals surface area contributed by atoms with E-state index in [0.29, 0.717) is 17.3 Å². The summed E-state index contributed by atoms with van der Waals surface area (Å²) in [4.78, 5) is 11.7. The van der Waals surface area contributed by atoms with Crippen LogP contribution < -0.4 is 11.1 Å². The molecule has 2 rings (SSSR count). The lowest BCUT2D eigenvalue weighted by Gasteiger charge is -2.03. The number of nitrogens with one attached hydrogen (secondary N) is 1. The van der Waals surface area contributed by atoms with Crippen LogP contribution in [-0.2, 0) is 11.3 Å². The quantitative estimate of drug-likeness (QED) is 0.669. The van der Waals surface area contributed by atoms with Crippen LogP contribution in [0.25, 0.3) is 6.08 Å². The molecule has 0 saturated carbocycles. The molecule has 0 aromatic heterocycles. The highest BCUT2D eigenvalue weighted by atomic mass is 35.5. The molecular formula is C16H15ClN2O. The van der Waals surface area contributed by atoms with Crippen molar-refractivity contribution in [2.75, 3.05) is 5.73 Å². The first-order valence-corrected chi connectivity index (χ1v) is 6.57. The van der Waals surface area contributed by atoms with E-state index < -0.39 is 0 Å². The Morgan fingerprint density at radius 1 is 1.20 bits per heavy atom. The predicted molar refractivity (Wildman–Crippen MR) is 83.2 cm³/mol. The van der Waals surface area contributed by atoms with Crippen LogP contribution in [0, 0.1) is 0 Å². The minimum atomic E-state index is -0.160. The lowest BCUT2D eigenvalue weighted by Crippen LogP contribution is -2.20. The molecule has 2 aromatic carbocycles. The topological polar surface area (TPSA) is 55.1 Å². The fraction of sp³-hybridized carbons (Fsp3) is 0.0625. The highest BCUT2D eigenvalue weighted by molar-refractivity contribution is 6.30. The molecule has 0 aliphatic heterocycles. The normalized spacial score (nSPS) is 10.7. The first-order valence-electron chi connectivity index (χ1n) is 6.19. The molecule has 4 heteroatoms. The fourth-order valence-corrected chi connectivity index (χ4v) is 1.94. The third-order valence-corrected chi connectivity index (χ3v) is 2.93. The van der Waals surface area contributed by atoms with E-state index in [-0.39, 0.29) is 5.91 Å². The molecular weight excluding hydrogens is 272 g/mol. The van der Waals surface area contributed by atoms with Crippen LogP contribution in [0.3, 0.4) is 0 Å². The maximum atomic E-state index is 11.7. The molecule has 2 aromatic rings. The summed E-state index contributed by atoms with van der Waals surface area (Å²) < 4.78 is 0. The van der Waals surface area contributed by atoms with E-state index in [4.69, 9.17) is 17.3 Å². The lowest BCUT2D eigenvalue weighted by atomic mass is 10.2. The standard InChI is InChI=1S/C16H15ClN2O/c17-14-5-1-4-13(9-14)11-19-16(20)8-7-12-3-2-6-15(18)10-12/h1-10H,11,18H2,(H,19,20)/b8-7+. The summed E-state index contributed by atoms with van der Waals surface area (Å²) in [6.07, 6.45) is 3.21. The number of carbonyl (C=O) groups is 1. The summed E-state index contributed by atoms with van der Waals surface area (Å²) in [5.41, 5.74) is 8.19. The van der Waals surface area contributed by atoms with E-state index >= 15 is 0 Å². The van der Waals surface area contributed by atoms with Crippen LogP contribution >= 0.6 is 11.6 Å². The van der Waals surface area contributed by atoms with Gasteiger partial charge in [0, 0.05) is 23.3 Å². The Hall–Kier alpha value is -2.26. The second kappa shape index (κ2) is 6.78. The van der Waals surface area contributed by atoms with Crippen LogP contribution in [0.1, 0.15) is 11.1 Å². The van der Waals surface area contributed by atoms with Crippen molar-refractivity contribution in [2.24, 2.45) is 0 Å². The van der Waals surface area contributed by atoms with Gasteiger partial charge in [-0.15, -0.1) is 0 Å². The van der Waals surface area contributed by atoms with Gasteiger partial charge in [0.15, 0.2) is 0 Å². The number of anilines is 1. The van der Waals surface area contributed by atoms with Crippen molar-refractivity contribution >= 4 is 29.3 Å². The molecule has 0 unspecified atom stereocenters. The monoisotopic (exact) mass is 286 g/mol. The number of amides is 1. The van der Waals surface area contributed by atoms with Crippen molar-refractivity contribution in [2.45, 2.75) is 6.54 Å². The summed E-state index contributed by atoms with van der Waals surface area (Å²) in [5, 5.41) is 3.45. The summed E-state index contributed by atoms with van der Waals surface area (Å²) in [7, 11) is 0. The minimum Gasteiger partial charge on any atom is -0.399 e. The molecule has 102 valence electrons. The summed E-state index contributed by atoms with van der Waals surface area (Å²) in [6, 6.07) is 14.7. The highest BCUT2D eigenvalue weighted by Gasteiger charge is 1.98. The Morgan fingerprint density at radius 3 is 2.75 bits per heavy atom. The molecule has 3 N–H and O–H groups in total. The van der Waals surface area contributed by atoms with Gasteiger partial charge in [-0.2, -0.15) is 0 Å². The molecule has 0 spiro atoms. The average molecular weight is 287 g/mol. The van der Waals surface area contributed by atoms with Crippen LogP contribution in [0.5, 0.6) is 0 Å². The second-order valence-electron chi connectivity index (χ2n) is 4.35. The van der Waals surface area contributed by atoms with E-state index in [2.05, 4.69) is 5.32 Å². The molecule has 1 amide bonds. The van der Waals surface area contributed by atoms with Gasteiger partial charge >= 0.3 is 0 Å². The van der Waals surface area contributed by atoms with Gasteiger partial charge < -0.3 is 11.1 Å². The predicted octanol–water partition coefficient (Wildman–Crippen LogP) is 3.25. The fourth-order valence-electron chi connectivity index (χ4n) is 1.73. The number of hydrogen-bond acceptors (Lipinski definition) is 2. The van der Waals surface area contributed by atoms with Gasteiger partial charge in [0.2, 0.25) is 5.91 Å². The van der Waals surface area contributed by atoms with E-state index in [1.54, 1.807) is 24.3 Å². The highest BCUT2D eigenvalue weighted by Crippen LogP contribution is 2.10. The van der Waals surface area contributed by atoms with Crippen LogP contribution in [0.15, 0.2) is 54.6 Å². The number of carbonyl (C=O) groups excluding carboxylic acids is 1. The van der Waals surface area contributed by atoms with E-state index in [1.165, 1.54) is 6.08 Å². The van der Waals surface area contributed by atoms with Crippen molar-refractivity contribution in [3.63, 3.8) is 0 Å². The number of nitrogens with two attached hydrogens (primary N) is 1. The van der Waals surface area contributed by atoms with Gasteiger partial charge in [0.25, 0.3) is 0 Å². The molecule has 20 heavy (non-hydrogen) atoms. The average Bonchev–Trinajstić information content (AvgIpc) is 2.43. The first-order chi connectivity index (χ1) is 9.63. The van der Waals surface area contributed by atoms with Gasteiger partial charge in [-0.3, -0.25) is 4.79 Å². The van der Waals surface area contributed by atoms with Crippen molar-refractivity contribution in [1.82, 2.24) is 5.32 Å². The van der Waals surface area contributed by atoms with Crippen molar-refractivity contribution < 1.29 is 4.79 Å². The number of nitrogen functional groups attached to an aromatic ring is 1. The zero-order valence-electron chi connectivity index (χ0n) is 10.8. The Labute approximate surface area is 123 Å². The summed E-state index contributed by atoms with van der Waals surface area (Å²) in [5.74, 6) is -0.160. The Morgan fingerprint density at radius 2 is 2.00 bits per heavy atom. The van der Waals surface area contributed by atoms with Gasteiger partial charge in [0.05, 0.1) is 0 Å². The molecule has 0 saturated heterocycles. The maximum Gasteiger partial charge on any atom is 0.244 e. The Balaban J connectivity index is 1.89. The number of benzene rings is 2. The van der Waals surface area contributed by atoms with E-state index in [1.807, 2.05) is 30.3 Å². The zero-order valence-corrected chi connectivity index (χ0v) is 11.6. The zero-order chi connectivity index (χ0) is 14.4. The van der Waals surface area contributed by atoms with Crippen molar-refractivity contribution in [3.05, 3.63) is 70.8 Å². The van der Waals surface area contributed by atoms with Crippen LogP contribution in [-0.4, -0.2) is 5.91 Å². The van der Waals surface area contributed by atoms with Crippen molar-refractivity contribution in [1.29, 1.82) is 0 Å². The lowest BCUT2D eigenvalue weighted by molar-refractivity contribution is -0.116. The van der Waals surface area contributed by atoms with Crippen LogP contribution in [0.2, 0.25) is 5.02 Å². The number of halogens is 1. The second-order valence-corrected chi connectivity index (χ2v) is 4.79.